The van der Waals surface area contributed by atoms with Crippen LogP contribution < -0.4 is 16.6 Å². The van der Waals surface area contributed by atoms with E-state index in [0.717, 1.165) is 63.5 Å². The van der Waals surface area contributed by atoms with E-state index >= 15 is 0 Å². The average molecular weight is 420 g/mol. The number of amidine groups is 1. The van der Waals surface area contributed by atoms with Crippen LogP contribution in [0.5, 0.6) is 0 Å². The smallest absolute Gasteiger partial charge is 0.271 e. The van der Waals surface area contributed by atoms with E-state index in [4.69, 9.17) is 11.5 Å². The highest BCUT2D eigenvalue weighted by molar-refractivity contribution is 5.92. The van der Waals surface area contributed by atoms with Crippen molar-refractivity contribution in [2.75, 3.05) is 26.2 Å². The molecule has 2 heterocycles. The molecule has 0 bridgehead atoms. The lowest BCUT2D eigenvalue weighted by atomic mass is 10.0. The zero-order valence-electron chi connectivity index (χ0n) is 19.5. The molecule has 0 saturated carbocycles. The van der Waals surface area contributed by atoms with Crippen molar-refractivity contribution >= 4 is 11.8 Å². The molecule has 0 radical (unpaired) electrons. The maximum atomic E-state index is 13.4. The number of nitrogens with zero attached hydrogens (tertiary/aromatic N) is 3. The Balaban J connectivity index is 1.68. The monoisotopic (exact) mass is 419 g/mol. The van der Waals surface area contributed by atoms with Gasteiger partial charge in [-0.3, -0.25) is 14.5 Å². The Morgan fingerprint density at radius 2 is 1.80 bits per heavy atom. The second-order valence-corrected chi connectivity index (χ2v) is 9.45. The first-order valence-electron chi connectivity index (χ1n) is 12.3. The fraction of sp³-hybridized carbons (Fsp3) is 0.833. The largest absolute Gasteiger partial charge is 0.812 e. The van der Waals surface area contributed by atoms with E-state index in [9.17, 15) is 5.11 Å². The third kappa shape index (κ3) is 8.29. The number of hydrogen-bond donors (Lipinski definition) is 2. The van der Waals surface area contributed by atoms with Crippen LogP contribution >= 0.6 is 0 Å². The van der Waals surface area contributed by atoms with Crippen LogP contribution in [0.1, 0.15) is 90.9 Å². The third-order valence-corrected chi connectivity index (χ3v) is 6.31. The lowest BCUT2D eigenvalue weighted by molar-refractivity contribution is -0.552. The van der Waals surface area contributed by atoms with Gasteiger partial charge in [-0.25, -0.2) is 0 Å². The first-order valence-corrected chi connectivity index (χ1v) is 12.3. The van der Waals surface area contributed by atoms with Gasteiger partial charge in [0.25, 0.3) is 5.84 Å². The second-order valence-electron chi connectivity index (χ2n) is 9.45. The molecule has 2 aliphatic rings. The summed E-state index contributed by atoms with van der Waals surface area (Å²) in [4.78, 5) is 6.16. The van der Waals surface area contributed by atoms with Crippen LogP contribution in [0.4, 0.5) is 0 Å². The normalized spacial score (nSPS) is 20.9. The molecular formula is C24H45N5O. The van der Waals surface area contributed by atoms with Crippen LogP contribution in [0.25, 0.3) is 0 Å². The zero-order chi connectivity index (χ0) is 21.8. The van der Waals surface area contributed by atoms with Crippen molar-refractivity contribution < 1.29 is 9.68 Å². The SMILES string of the molecule is CC(C)CCCCCCCCCC1([O-])C=CC2=[N+](CCCCN=C(N)N)CCCN21. The van der Waals surface area contributed by atoms with Gasteiger partial charge in [0.15, 0.2) is 5.96 Å². The molecule has 2 aliphatic heterocycles. The summed E-state index contributed by atoms with van der Waals surface area (Å²) in [5, 5.41) is 13.4. The minimum Gasteiger partial charge on any atom is -0.812 e. The predicted molar refractivity (Wildman–Crippen MR) is 124 cm³/mol. The van der Waals surface area contributed by atoms with Gasteiger partial charge in [0.05, 0.1) is 25.4 Å². The summed E-state index contributed by atoms with van der Waals surface area (Å²) >= 11 is 0. The Hall–Kier alpha value is -1.56. The number of rotatable bonds is 15. The molecule has 0 aromatic heterocycles. The van der Waals surface area contributed by atoms with E-state index in [2.05, 4.69) is 34.4 Å². The van der Waals surface area contributed by atoms with Gasteiger partial charge in [0.2, 0.25) is 0 Å². The molecular weight excluding hydrogens is 374 g/mol. The Bertz CT molecular complexity index is 594. The molecule has 0 aromatic carbocycles. The maximum absolute atomic E-state index is 13.4. The molecule has 6 heteroatoms. The first-order chi connectivity index (χ1) is 14.4. The molecule has 0 fully saturated rings. The maximum Gasteiger partial charge on any atom is 0.271 e. The van der Waals surface area contributed by atoms with Crippen LogP contribution in [0, 0.1) is 5.92 Å². The Morgan fingerprint density at radius 1 is 1.10 bits per heavy atom. The summed E-state index contributed by atoms with van der Waals surface area (Å²) in [6.45, 7) is 8.15. The van der Waals surface area contributed by atoms with E-state index in [0.29, 0.717) is 6.54 Å². The van der Waals surface area contributed by atoms with Crippen molar-refractivity contribution in [2.24, 2.45) is 22.4 Å². The molecule has 172 valence electrons. The Labute approximate surface area is 184 Å². The number of fused-ring (bicyclic) bond motifs is 1. The molecule has 1 atom stereocenters. The molecule has 1 unspecified atom stereocenters. The van der Waals surface area contributed by atoms with Gasteiger partial charge in [0.1, 0.15) is 0 Å². The fourth-order valence-corrected chi connectivity index (χ4v) is 4.57. The molecule has 0 aromatic rings. The number of hydrogen-bond acceptors (Lipinski definition) is 3. The molecule has 0 aliphatic carbocycles. The second kappa shape index (κ2) is 13.0. The first kappa shape index (κ1) is 24.7. The summed E-state index contributed by atoms with van der Waals surface area (Å²) in [5.74, 6) is 2.12. The standard InChI is InChI=1S/C24H45N5O/c1-21(2)13-8-6-4-3-5-7-9-15-24(30)16-14-22-28(19-12-20-29(22)24)18-11-10-17-27-23(25)26/h14,16,21H,3-13,15,17-20H2,1-2H3,(H4,25,26,27). The average Bonchev–Trinajstić information content (AvgIpc) is 3.04. The number of guanidine groups is 1. The molecule has 0 saturated heterocycles. The summed E-state index contributed by atoms with van der Waals surface area (Å²) in [5.41, 5.74) is 9.71. The molecule has 30 heavy (non-hydrogen) atoms. The van der Waals surface area contributed by atoms with Crippen LogP contribution in [-0.2, 0) is 0 Å². The van der Waals surface area contributed by atoms with E-state index in [1.807, 2.05) is 6.08 Å². The highest BCUT2D eigenvalue weighted by Gasteiger charge is 2.39. The summed E-state index contributed by atoms with van der Waals surface area (Å²) in [6.07, 6.45) is 18.0. The van der Waals surface area contributed by atoms with Gasteiger partial charge < -0.3 is 16.6 Å². The van der Waals surface area contributed by atoms with Crippen molar-refractivity contribution in [3.8, 4) is 0 Å². The van der Waals surface area contributed by atoms with Gasteiger partial charge in [-0.2, -0.15) is 0 Å². The summed E-state index contributed by atoms with van der Waals surface area (Å²) in [6, 6.07) is 0. The van der Waals surface area contributed by atoms with E-state index in [1.165, 1.54) is 44.9 Å². The van der Waals surface area contributed by atoms with Gasteiger partial charge in [-0.15, -0.1) is 0 Å². The lowest BCUT2D eigenvalue weighted by Crippen LogP contribution is -2.59. The van der Waals surface area contributed by atoms with Crippen molar-refractivity contribution in [1.29, 1.82) is 0 Å². The predicted octanol–water partition coefficient (Wildman–Crippen LogP) is 2.95. The Kier molecular flexibility index (Phi) is 10.7. The van der Waals surface area contributed by atoms with Crippen molar-refractivity contribution in [3.05, 3.63) is 12.2 Å². The number of unbranched alkanes of at least 4 members (excludes halogenated alkanes) is 7. The van der Waals surface area contributed by atoms with Gasteiger partial charge >= 0.3 is 0 Å². The van der Waals surface area contributed by atoms with Crippen LogP contribution in [0.2, 0.25) is 0 Å². The third-order valence-electron chi connectivity index (χ3n) is 6.31. The molecule has 0 amide bonds. The molecule has 2 rings (SSSR count). The molecule has 4 N–H and O–H groups in total. The van der Waals surface area contributed by atoms with Crippen molar-refractivity contribution in [1.82, 2.24) is 4.90 Å². The zero-order valence-corrected chi connectivity index (χ0v) is 19.5. The highest BCUT2D eigenvalue weighted by Crippen LogP contribution is 2.27. The van der Waals surface area contributed by atoms with Gasteiger partial charge in [0, 0.05) is 19.0 Å². The molecule has 0 spiro atoms. The van der Waals surface area contributed by atoms with Crippen LogP contribution in [-0.4, -0.2) is 53.2 Å². The Morgan fingerprint density at radius 3 is 2.50 bits per heavy atom. The topological polar surface area (TPSA) is 93.7 Å². The lowest BCUT2D eigenvalue weighted by Gasteiger charge is -2.41. The minimum absolute atomic E-state index is 0.162. The van der Waals surface area contributed by atoms with Crippen molar-refractivity contribution in [2.45, 2.75) is 96.6 Å². The summed E-state index contributed by atoms with van der Waals surface area (Å²) < 4.78 is 2.37. The highest BCUT2D eigenvalue weighted by atomic mass is 16.3. The van der Waals surface area contributed by atoms with E-state index < -0.39 is 5.72 Å². The van der Waals surface area contributed by atoms with Gasteiger partial charge in [-0.05, 0) is 31.3 Å². The van der Waals surface area contributed by atoms with E-state index in [1.54, 1.807) is 0 Å². The van der Waals surface area contributed by atoms with Crippen LogP contribution in [0.3, 0.4) is 0 Å². The van der Waals surface area contributed by atoms with Gasteiger partial charge in [-0.1, -0.05) is 65.2 Å². The number of aliphatic imine (C=N–C) groups is 1. The fourth-order valence-electron chi connectivity index (χ4n) is 4.57. The van der Waals surface area contributed by atoms with E-state index in [-0.39, 0.29) is 5.96 Å². The van der Waals surface area contributed by atoms with Crippen molar-refractivity contribution in [3.63, 3.8) is 0 Å². The quantitative estimate of drug-likeness (QED) is 0.185. The summed E-state index contributed by atoms with van der Waals surface area (Å²) in [7, 11) is 0. The number of nitrogens with two attached hydrogens (primary N) is 2. The molecule has 6 nitrogen and oxygen atoms in total. The van der Waals surface area contributed by atoms with Crippen LogP contribution in [0.15, 0.2) is 17.1 Å². The minimum atomic E-state index is -1.04.